The van der Waals surface area contributed by atoms with Crippen LogP contribution in [-0.2, 0) is 60.7 Å². The lowest BCUT2D eigenvalue weighted by atomic mass is 9.85. The minimum atomic E-state index is -0.629. The standard InChI is InChI=1S/2C17H21NO2.3C16H19NO2.C15H19NO2.6CH4/c1-17(2,3)14-8-6-12(10-15(14)20-5)13-7-9-16(19)18(4)11-13;1-17(2,3)14-7-6-12(10-15(14)20-5)13-8-9-18(4)16(19)11-13;1-16(2,3)13-7-5-11(9-14(13)19-4)12-6-8-15(18)17-10-12;1-16(2,3)13-7-5-11(9-14(13)18)12-6-8-15(19)17(4)10-12;1-16(2,3)13-6-5-11(9-14(13)18)12-7-8-17(4)15(19)10-12;1-15(2,3)12-6-4-10(8-13(12)17)11-5-7-14(18)16-9-11;;;;;;/h2*6-11H,1-5H3;5-10H,1-4H3,(H,17,18);2*5-10,18H,1-4H3;4-9,14,16-18H,1-3H3;6*1H4. The monoisotopic (exact) mass is 1660 g/mol. The number of H-pyrrole nitrogens is 1. The highest BCUT2D eigenvalue weighted by atomic mass is 16.5. The topological polar surface area (TPSA) is 241 Å². The van der Waals surface area contributed by atoms with Crippen molar-refractivity contribution in [1.29, 1.82) is 0 Å². The lowest BCUT2D eigenvalue weighted by Crippen LogP contribution is -2.23. The van der Waals surface area contributed by atoms with Crippen LogP contribution in [0.2, 0.25) is 0 Å². The number of aromatic amines is 1. The Hall–Kier alpha value is -11.9. The molecule has 6 aromatic carbocycles. The third-order valence-electron chi connectivity index (χ3n) is 19.5. The van der Waals surface area contributed by atoms with Crippen LogP contribution in [0.5, 0.6) is 34.5 Å². The first-order valence-electron chi connectivity index (χ1n) is 38.3. The summed E-state index contributed by atoms with van der Waals surface area (Å²) in [6.07, 6.45) is 13.5. The Labute approximate surface area is 722 Å². The van der Waals surface area contributed by atoms with E-state index < -0.39 is 6.23 Å². The second-order valence-electron chi connectivity index (χ2n) is 34.9. The highest BCUT2D eigenvalue weighted by Gasteiger charge is 2.25. The fourth-order valence-corrected chi connectivity index (χ4v) is 12.7. The number of benzene rings is 6. The number of dihydropyridines is 1. The van der Waals surface area contributed by atoms with E-state index in [-0.39, 0.29) is 111 Å². The summed E-state index contributed by atoms with van der Waals surface area (Å²) in [5.74, 6) is 3.47. The first-order chi connectivity index (χ1) is 53.5. The van der Waals surface area contributed by atoms with Gasteiger partial charge in [0.1, 0.15) is 40.7 Å². The number of phenolic OH excluding ortho intramolecular Hbond substituents is 3. The van der Waals surface area contributed by atoms with Gasteiger partial charge in [-0.1, -0.05) is 248 Å². The molecular formula is C103H142N6O12. The van der Waals surface area contributed by atoms with Crippen LogP contribution >= 0.6 is 0 Å². The van der Waals surface area contributed by atoms with Crippen molar-refractivity contribution >= 4 is 5.57 Å². The van der Waals surface area contributed by atoms with Gasteiger partial charge in [-0.25, -0.2) is 0 Å². The largest absolute Gasteiger partial charge is 0.508 e. The van der Waals surface area contributed by atoms with E-state index in [1.54, 1.807) is 138 Å². The van der Waals surface area contributed by atoms with Crippen molar-refractivity contribution in [3.8, 4) is 90.1 Å². The zero-order chi connectivity index (χ0) is 85.6. The van der Waals surface area contributed by atoms with Gasteiger partial charge in [0.15, 0.2) is 0 Å². The summed E-state index contributed by atoms with van der Waals surface area (Å²) in [7, 11) is 12.0. The molecule has 0 fully saturated rings. The zero-order valence-electron chi connectivity index (χ0n) is 71.7. The molecule has 1 atom stereocenters. The smallest absolute Gasteiger partial charge is 0.250 e. The van der Waals surface area contributed by atoms with E-state index in [2.05, 4.69) is 165 Å². The number of aryl methyl sites for hydroxylation is 4. The first-order valence-corrected chi connectivity index (χ1v) is 38.3. The number of hydrogen-bond donors (Lipinski definition) is 6. The van der Waals surface area contributed by atoms with Crippen LogP contribution in [0.15, 0.2) is 243 Å². The van der Waals surface area contributed by atoms with Gasteiger partial charge in [-0.15, -0.1) is 0 Å². The SMILES string of the molecule is C.C.C.C.C.C.CC(C)(C)c1ccc(C2=CNC(O)C=C2)cc1O.COc1cc(-c2ccc(=O)[nH]c2)ccc1C(C)(C)C.COc1cc(-c2ccc(=O)n(C)c2)ccc1C(C)(C)C.COc1cc(-c2ccn(C)c(=O)c2)ccc1C(C)(C)C.Cn1cc(-c2ccc(C(C)(C)C)c(O)c2)ccc1=O.Cn1ccc(-c2ccc(C(C)(C)C)c(O)c2)cc1=O. The van der Waals surface area contributed by atoms with Crippen molar-refractivity contribution in [3.05, 3.63) is 310 Å². The van der Waals surface area contributed by atoms with E-state index in [4.69, 9.17) is 14.2 Å². The molecule has 12 rings (SSSR count). The van der Waals surface area contributed by atoms with Crippen molar-refractivity contribution in [1.82, 2.24) is 28.6 Å². The summed E-state index contributed by atoms with van der Waals surface area (Å²) < 4.78 is 22.7. The van der Waals surface area contributed by atoms with E-state index >= 15 is 0 Å². The van der Waals surface area contributed by atoms with Gasteiger partial charge >= 0.3 is 0 Å². The number of phenols is 3. The number of aromatic nitrogens is 5. The lowest BCUT2D eigenvalue weighted by molar-refractivity contribution is 0.201. The zero-order valence-corrected chi connectivity index (χ0v) is 71.7. The number of aromatic hydroxyl groups is 3. The fraction of sp³-hybridized carbons (Fsp3) is 0.369. The van der Waals surface area contributed by atoms with Crippen LogP contribution in [0.3, 0.4) is 0 Å². The summed E-state index contributed by atoms with van der Waals surface area (Å²) >= 11 is 0. The molecule has 121 heavy (non-hydrogen) atoms. The van der Waals surface area contributed by atoms with Crippen LogP contribution in [0.25, 0.3) is 61.2 Å². The first kappa shape index (κ1) is 107. The van der Waals surface area contributed by atoms with Crippen molar-refractivity contribution in [2.45, 2.75) is 208 Å². The summed E-state index contributed by atoms with van der Waals surface area (Å²) in [6, 6.07) is 52.5. The predicted octanol–water partition coefficient (Wildman–Crippen LogP) is 22.5. The molecule has 656 valence electrons. The Morgan fingerprint density at radius 3 is 0.868 bits per heavy atom. The van der Waals surface area contributed by atoms with Gasteiger partial charge in [0.05, 0.1) is 21.3 Å². The Bertz CT molecular complexity index is 5590. The fourth-order valence-electron chi connectivity index (χ4n) is 12.7. The molecule has 0 aliphatic carbocycles. The number of pyridine rings is 5. The third kappa shape index (κ3) is 29.2. The van der Waals surface area contributed by atoms with Gasteiger partial charge < -0.3 is 63.2 Å². The predicted molar refractivity (Wildman–Crippen MR) is 511 cm³/mol. The van der Waals surface area contributed by atoms with Crippen molar-refractivity contribution < 1.29 is 34.6 Å². The van der Waals surface area contributed by atoms with Gasteiger partial charge in [-0.2, -0.15) is 0 Å². The number of ether oxygens (including phenoxy) is 3. The number of nitrogens with one attached hydrogen (secondary N) is 2. The molecule has 1 aliphatic rings. The molecule has 6 heterocycles. The Morgan fingerprint density at radius 1 is 0.314 bits per heavy atom. The van der Waals surface area contributed by atoms with Crippen molar-refractivity contribution in [2.24, 2.45) is 28.2 Å². The van der Waals surface area contributed by atoms with E-state index in [1.165, 1.54) is 32.4 Å². The van der Waals surface area contributed by atoms with Crippen molar-refractivity contribution in [2.75, 3.05) is 21.3 Å². The minimum absolute atomic E-state index is 0. The van der Waals surface area contributed by atoms with E-state index in [0.29, 0.717) is 11.5 Å². The summed E-state index contributed by atoms with van der Waals surface area (Å²) in [6.45, 7) is 38.0. The number of allylic oxidation sites excluding steroid dienone is 2. The summed E-state index contributed by atoms with van der Waals surface area (Å²) in [4.78, 5) is 59.9. The number of nitrogens with zero attached hydrogens (tertiary/aromatic N) is 4. The molecule has 1 aliphatic heterocycles. The second kappa shape index (κ2) is 44.4. The molecule has 0 amide bonds. The normalized spacial score (nSPS) is 12.1. The van der Waals surface area contributed by atoms with Crippen LogP contribution in [0, 0.1) is 0 Å². The maximum atomic E-state index is 11.7. The quantitative estimate of drug-likeness (QED) is 0.0789. The Kier molecular flexibility index (Phi) is 39.3. The summed E-state index contributed by atoms with van der Waals surface area (Å²) in [5, 5.41) is 42.5. The van der Waals surface area contributed by atoms with Crippen LogP contribution in [0.4, 0.5) is 0 Å². The van der Waals surface area contributed by atoms with Gasteiger partial charge in [0.25, 0.3) is 11.1 Å². The lowest BCUT2D eigenvalue weighted by Gasteiger charge is -2.22. The molecule has 18 nitrogen and oxygen atoms in total. The van der Waals surface area contributed by atoms with Gasteiger partial charge in [0.2, 0.25) is 16.7 Å². The average molecular weight is 1660 g/mol. The summed E-state index contributed by atoms with van der Waals surface area (Å²) in [5.41, 5.74) is 17.2. The maximum absolute atomic E-state index is 11.7. The molecule has 11 aromatic rings. The van der Waals surface area contributed by atoms with E-state index in [0.717, 1.165) is 106 Å². The molecular weight excluding hydrogens is 1510 g/mol. The minimum Gasteiger partial charge on any atom is -0.508 e. The number of rotatable bonds is 9. The van der Waals surface area contributed by atoms with E-state index in [1.807, 2.05) is 97.2 Å². The number of hydrogen-bond acceptors (Lipinski definition) is 13. The third-order valence-corrected chi connectivity index (χ3v) is 19.5. The highest BCUT2D eigenvalue weighted by molar-refractivity contribution is 5.76. The average Bonchev–Trinajstić information content (AvgIpc) is 0.842. The Balaban J connectivity index is 0.000000719. The second-order valence-corrected chi connectivity index (χ2v) is 34.9. The molecule has 6 N–H and O–H groups in total. The molecule has 0 spiro atoms. The molecule has 18 heteroatoms. The van der Waals surface area contributed by atoms with Gasteiger partial charge in [-0.3, -0.25) is 24.0 Å². The molecule has 1 unspecified atom stereocenters. The van der Waals surface area contributed by atoms with Crippen molar-refractivity contribution in [3.63, 3.8) is 0 Å². The molecule has 0 saturated heterocycles. The maximum Gasteiger partial charge on any atom is 0.250 e. The number of methoxy groups -OCH3 is 3. The molecule has 0 radical (unpaired) electrons. The van der Waals surface area contributed by atoms with Crippen LogP contribution < -0.4 is 47.3 Å². The molecule has 0 saturated carbocycles. The van der Waals surface area contributed by atoms with Crippen LogP contribution in [0.1, 0.15) is 208 Å². The number of aliphatic hydroxyl groups excluding tert-OH is 1. The van der Waals surface area contributed by atoms with Crippen LogP contribution in [-0.4, -0.2) is 71.2 Å². The van der Waals surface area contributed by atoms with Gasteiger partial charge in [-0.05, 0) is 205 Å². The van der Waals surface area contributed by atoms with Gasteiger partial charge in [0, 0.05) is 95.7 Å². The van der Waals surface area contributed by atoms with E-state index in [9.17, 15) is 44.4 Å². The molecule has 5 aromatic heterocycles. The highest BCUT2D eigenvalue weighted by Crippen LogP contribution is 2.40. The number of aliphatic hydroxyl groups is 1. The molecule has 0 bridgehead atoms. The Morgan fingerprint density at radius 2 is 0.587 bits per heavy atom.